The summed E-state index contributed by atoms with van der Waals surface area (Å²) < 4.78 is 7.15. The van der Waals surface area contributed by atoms with Gasteiger partial charge in [-0.05, 0) is 30.2 Å². The van der Waals surface area contributed by atoms with Crippen LogP contribution in [0.2, 0.25) is 0 Å². The molecule has 1 aromatic rings. The normalized spacial score (nSPS) is 18.2. The third-order valence-corrected chi connectivity index (χ3v) is 5.76. The number of ketones is 1. The van der Waals surface area contributed by atoms with Crippen molar-refractivity contribution in [3.8, 4) is 0 Å². The smallest absolute Gasteiger partial charge is 0.409 e. The van der Waals surface area contributed by atoms with Crippen LogP contribution in [0.15, 0.2) is 0 Å². The molecule has 160 valence electrons. The molecular formula is C22H33N3O4. The van der Waals surface area contributed by atoms with Crippen LogP contribution in [0, 0.1) is 18.3 Å². The SMILES string of the molecule is Cc1c(CC(=O)NCCN2CCOC2=O)c2c(n1CC(C)C)CC(C)(C)CC2=O. The maximum Gasteiger partial charge on any atom is 0.409 e. The number of fused-ring (bicyclic) bond motifs is 1. The molecule has 0 bridgehead atoms. The quantitative estimate of drug-likeness (QED) is 0.759. The predicted octanol–water partition coefficient (Wildman–Crippen LogP) is 2.72. The molecule has 0 atom stereocenters. The number of nitrogens with one attached hydrogen (secondary N) is 1. The molecule has 0 spiro atoms. The summed E-state index contributed by atoms with van der Waals surface area (Å²) in [7, 11) is 0. The fourth-order valence-electron chi connectivity index (χ4n) is 4.42. The number of hydrogen-bond acceptors (Lipinski definition) is 4. The molecular weight excluding hydrogens is 370 g/mol. The summed E-state index contributed by atoms with van der Waals surface area (Å²) in [5, 5.41) is 2.88. The molecule has 0 radical (unpaired) electrons. The van der Waals surface area contributed by atoms with Gasteiger partial charge in [-0.1, -0.05) is 27.7 Å². The van der Waals surface area contributed by atoms with Crippen LogP contribution in [-0.4, -0.2) is 53.5 Å². The summed E-state index contributed by atoms with van der Waals surface area (Å²) in [6.07, 6.45) is 1.22. The van der Waals surface area contributed by atoms with E-state index in [2.05, 4.69) is 37.6 Å². The number of rotatable bonds is 7. The van der Waals surface area contributed by atoms with Gasteiger partial charge in [0.05, 0.1) is 13.0 Å². The molecule has 1 fully saturated rings. The van der Waals surface area contributed by atoms with Gasteiger partial charge in [0.25, 0.3) is 0 Å². The number of carbonyl (C=O) groups is 3. The van der Waals surface area contributed by atoms with E-state index in [1.807, 2.05) is 6.92 Å². The van der Waals surface area contributed by atoms with Gasteiger partial charge in [0.15, 0.2) is 5.78 Å². The summed E-state index contributed by atoms with van der Waals surface area (Å²) in [6.45, 7) is 13.2. The first-order chi connectivity index (χ1) is 13.6. The second kappa shape index (κ2) is 8.20. The zero-order valence-corrected chi connectivity index (χ0v) is 18.3. The van der Waals surface area contributed by atoms with E-state index in [-0.39, 0.29) is 29.6 Å². The van der Waals surface area contributed by atoms with Crippen molar-refractivity contribution in [1.82, 2.24) is 14.8 Å². The van der Waals surface area contributed by atoms with Crippen molar-refractivity contribution >= 4 is 17.8 Å². The lowest BCUT2D eigenvalue weighted by Crippen LogP contribution is -2.36. The van der Waals surface area contributed by atoms with E-state index in [1.54, 1.807) is 4.90 Å². The van der Waals surface area contributed by atoms with E-state index < -0.39 is 0 Å². The van der Waals surface area contributed by atoms with Crippen molar-refractivity contribution < 1.29 is 19.1 Å². The first-order valence-corrected chi connectivity index (χ1v) is 10.5. The molecule has 0 unspecified atom stereocenters. The molecule has 0 aromatic carbocycles. The Kier molecular flexibility index (Phi) is 6.05. The zero-order valence-electron chi connectivity index (χ0n) is 18.3. The molecule has 29 heavy (non-hydrogen) atoms. The van der Waals surface area contributed by atoms with Gasteiger partial charge in [0.1, 0.15) is 6.61 Å². The Labute approximate surface area is 172 Å². The van der Waals surface area contributed by atoms with Crippen LogP contribution in [0.3, 0.4) is 0 Å². The van der Waals surface area contributed by atoms with Gasteiger partial charge in [0.2, 0.25) is 5.91 Å². The molecule has 7 heteroatoms. The fourth-order valence-corrected chi connectivity index (χ4v) is 4.42. The first kappa shape index (κ1) is 21.4. The summed E-state index contributed by atoms with van der Waals surface area (Å²) in [5.41, 5.74) is 3.67. The van der Waals surface area contributed by atoms with Gasteiger partial charge in [-0.25, -0.2) is 4.79 Å². The number of amides is 2. The maximum absolute atomic E-state index is 13.0. The summed E-state index contributed by atoms with van der Waals surface area (Å²) in [6, 6.07) is 0. The number of ether oxygens (including phenoxy) is 1. The highest BCUT2D eigenvalue weighted by molar-refractivity contribution is 6.01. The highest BCUT2D eigenvalue weighted by Crippen LogP contribution is 2.39. The molecule has 1 N–H and O–H groups in total. The van der Waals surface area contributed by atoms with Crippen molar-refractivity contribution in [3.05, 3.63) is 22.5 Å². The molecule has 7 nitrogen and oxygen atoms in total. The van der Waals surface area contributed by atoms with E-state index in [1.165, 1.54) is 0 Å². The van der Waals surface area contributed by atoms with Crippen LogP contribution < -0.4 is 5.32 Å². The highest BCUT2D eigenvalue weighted by atomic mass is 16.6. The minimum atomic E-state index is -0.330. The summed E-state index contributed by atoms with van der Waals surface area (Å²) in [4.78, 5) is 38.6. The number of hydrogen-bond donors (Lipinski definition) is 1. The van der Waals surface area contributed by atoms with Gasteiger partial charge in [0, 0.05) is 43.0 Å². The van der Waals surface area contributed by atoms with Crippen molar-refractivity contribution in [2.24, 2.45) is 11.3 Å². The van der Waals surface area contributed by atoms with Crippen molar-refractivity contribution in [2.45, 2.75) is 60.4 Å². The van der Waals surface area contributed by atoms with Gasteiger partial charge < -0.3 is 19.5 Å². The molecule has 1 saturated heterocycles. The Bertz CT molecular complexity index is 823. The Balaban J connectivity index is 1.76. The highest BCUT2D eigenvalue weighted by Gasteiger charge is 2.37. The molecule has 3 rings (SSSR count). The second-order valence-electron chi connectivity index (χ2n) is 9.46. The second-order valence-corrected chi connectivity index (χ2v) is 9.46. The lowest BCUT2D eigenvalue weighted by molar-refractivity contribution is -0.120. The van der Waals surface area contributed by atoms with E-state index >= 15 is 0 Å². The minimum Gasteiger partial charge on any atom is -0.448 e. The maximum atomic E-state index is 13.0. The average molecular weight is 404 g/mol. The molecule has 2 amide bonds. The number of carbonyl (C=O) groups excluding carboxylic acids is 3. The molecule has 1 aliphatic heterocycles. The Hall–Kier alpha value is -2.31. The van der Waals surface area contributed by atoms with E-state index in [0.29, 0.717) is 38.6 Å². The third-order valence-electron chi connectivity index (χ3n) is 5.76. The molecule has 2 aliphatic rings. The summed E-state index contributed by atoms with van der Waals surface area (Å²) in [5.74, 6) is 0.472. The predicted molar refractivity (Wildman–Crippen MR) is 110 cm³/mol. The Morgan fingerprint density at radius 3 is 2.59 bits per heavy atom. The van der Waals surface area contributed by atoms with E-state index in [0.717, 1.165) is 35.5 Å². The Morgan fingerprint density at radius 1 is 1.24 bits per heavy atom. The van der Waals surface area contributed by atoms with Gasteiger partial charge in [-0.2, -0.15) is 0 Å². The average Bonchev–Trinajstić information content (AvgIpc) is 3.10. The molecule has 2 heterocycles. The zero-order chi connectivity index (χ0) is 21.3. The van der Waals surface area contributed by atoms with Crippen LogP contribution in [0.25, 0.3) is 0 Å². The van der Waals surface area contributed by atoms with Crippen LogP contribution in [0.4, 0.5) is 4.79 Å². The van der Waals surface area contributed by atoms with Crippen LogP contribution in [-0.2, 0) is 28.9 Å². The Morgan fingerprint density at radius 2 is 1.97 bits per heavy atom. The monoisotopic (exact) mass is 403 g/mol. The molecule has 0 saturated carbocycles. The van der Waals surface area contributed by atoms with Gasteiger partial charge in [-0.3, -0.25) is 9.59 Å². The van der Waals surface area contributed by atoms with Crippen LogP contribution in [0.1, 0.15) is 61.4 Å². The number of cyclic esters (lactones) is 1. The lowest BCUT2D eigenvalue weighted by atomic mass is 9.75. The van der Waals surface area contributed by atoms with Crippen molar-refractivity contribution in [3.63, 3.8) is 0 Å². The summed E-state index contributed by atoms with van der Waals surface area (Å²) >= 11 is 0. The first-order valence-electron chi connectivity index (χ1n) is 10.5. The van der Waals surface area contributed by atoms with Crippen molar-refractivity contribution in [1.29, 1.82) is 0 Å². The standard InChI is InChI=1S/C22H33N3O4/c1-14(2)13-25-15(3)16(20-17(25)11-22(4,5)12-18(20)26)10-19(27)23-6-7-24-8-9-29-21(24)28/h14H,6-13H2,1-5H3,(H,23,27). The van der Waals surface area contributed by atoms with Gasteiger partial charge in [-0.15, -0.1) is 0 Å². The van der Waals surface area contributed by atoms with Crippen LogP contribution >= 0.6 is 0 Å². The number of Topliss-reactive ketones (excluding diaryl/α,β-unsaturated/α-hetero) is 1. The third kappa shape index (κ3) is 4.65. The molecule has 1 aliphatic carbocycles. The van der Waals surface area contributed by atoms with E-state index in [4.69, 9.17) is 4.74 Å². The van der Waals surface area contributed by atoms with Gasteiger partial charge >= 0.3 is 6.09 Å². The largest absolute Gasteiger partial charge is 0.448 e. The number of aromatic nitrogens is 1. The van der Waals surface area contributed by atoms with Crippen molar-refractivity contribution in [2.75, 3.05) is 26.2 Å². The lowest BCUT2D eigenvalue weighted by Gasteiger charge is -2.30. The van der Waals surface area contributed by atoms with Crippen LogP contribution in [0.5, 0.6) is 0 Å². The fraction of sp³-hybridized carbons (Fsp3) is 0.682. The number of nitrogens with zero attached hydrogens (tertiary/aromatic N) is 2. The minimum absolute atomic E-state index is 0.0620. The van der Waals surface area contributed by atoms with E-state index in [9.17, 15) is 14.4 Å². The molecule has 1 aromatic heterocycles. The topological polar surface area (TPSA) is 80.6 Å².